The molecule has 5 heteroatoms. The van der Waals surface area contributed by atoms with Crippen LogP contribution < -0.4 is 10.6 Å². The SMILES string of the molecule is CC(C)c1ccc(C(=O)NCc2cccc(C(=O)NCc3ccco3)c2)cc1. The number of hydrogen-bond acceptors (Lipinski definition) is 3. The molecule has 2 aromatic carbocycles. The third kappa shape index (κ3) is 5.10. The highest BCUT2D eigenvalue weighted by Gasteiger charge is 2.09. The molecule has 0 aliphatic carbocycles. The van der Waals surface area contributed by atoms with E-state index < -0.39 is 0 Å². The van der Waals surface area contributed by atoms with E-state index in [4.69, 9.17) is 4.42 Å². The highest BCUT2D eigenvalue weighted by atomic mass is 16.3. The minimum Gasteiger partial charge on any atom is -0.467 e. The second-order valence-corrected chi connectivity index (χ2v) is 6.92. The van der Waals surface area contributed by atoms with E-state index in [-0.39, 0.29) is 11.8 Å². The molecule has 0 bridgehead atoms. The summed E-state index contributed by atoms with van der Waals surface area (Å²) in [6.45, 7) is 4.92. The number of furan rings is 1. The van der Waals surface area contributed by atoms with Gasteiger partial charge in [-0.15, -0.1) is 0 Å². The van der Waals surface area contributed by atoms with Crippen molar-refractivity contribution in [3.8, 4) is 0 Å². The first-order valence-electron chi connectivity index (χ1n) is 9.30. The third-order valence-corrected chi connectivity index (χ3v) is 4.49. The van der Waals surface area contributed by atoms with Gasteiger partial charge < -0.3 is 15.1 Å². The molecule has 0 aliphatic heterocycles. The smallest absolute Gasteiger partial charge is 0.251 e. The Kier molecular flexibility index (Phi) is 6.27. The van der Waals surface area contributed by atoms with Crippen LogP contribution in [0.25, 0.3) is 0 Å². The molecular weight excluding hydrogens is 352 g/mol. The topological polar surface area (TPSA) is 71.3 Å². The molecule has 0 saturated carbocycles. The molecule has 0 radical (unpaired) electrons. The molecule has 3 rings (SSSR count). The number of benzene rings is 2. The number of rotatable bonds is 7. The van der Waals surface area contributed by atoms with E-state index in [9.17, 15) is 9.59 Å². The van der Waals surface area contributed by atoms with Crippen LogP contribution in [0.2, 0.25) is 0 Å². The standard InChI is InChI=1S/C23H24N2O3/c1-16(2)18-8-10-19(11-9-18)22(26)24-14-17-5-3-6-20(13-17)23(27)25-15-21-7-4-12-28-21/h3-13,16H,14-15H2,1-2H3,(H,24,26)(H,25,27). The second kappa shape index (κ2) is 9.04. The van der Waals surface area contributed by atoms with Crippen molar-refractivity contribution >= 4 is 11.8 Å². The summed E-state index contributed by atoms with van der Waals surface area (Å²) in [5.41, 5.74) is 3.22. The molecule has 0 aliphatic rings. The lowest BCUT2D eigenvalue weighted by Crippen LogP contribution is -2.24. The largest absolute Gasteiger partial charge is 0.467 e. The van der Waals surface area contributed by atoms with E-state index in [0.29, 0.717) is 35.9 Å². The molecule has 0 unspecified atom stereocenters. The van der Waals surface area contributed by atoms with Gasteiger partial charge in [0.15, 0.2) is 0 Å². The number of carbonyl (C=O) groups excluding carboxylic acids is 2. The van der Waals surface area contributed by atoms with Crippen molar-refractivity contribution in [2.45, 2.75) is 32.9 Å². The van der Waals surface area contributed by atoms with Crippen LogP contribution in [-0.4, -0.2) is 11.8 Å². The molecule has 1 aromatic heterocycles. The molecule has 0 saturated heterocycles. The van der Waals surface area contributed by atoms with Crippen molar-refractivity contribution in [3.63, 3.8) is 0 Å². The Bertz CT molecular complexity index is 929. The first-order chi connectivity index (χ1) is 13.5. The third-order valence-electron chi connectivity index (χ3n) is 4.49. The van der Waals surface area contributed by atoms with E-state index in [2.05, 4.69) is 24.5 Å². The summed E-state index contributed by atoms with van der Waals surface area (Å²) in [6, 6.07) is 18.4. The Hall–Kier alpha value is -3.34. The summed E-state index contributed by atoms with van der Waals surface area (Å²) >= 11 is 0. The fraction of sp³-hybridized carbons (Fsp3) is 0.217. The summed E-state index contributed by atoms with van der Waals surface area (Å²) in [6.07, 6.45) is 1.57. The normalized spacial score (nSPS) is 10.7. The van der Waals surface area contributed by atoms with Crippen LogP contribution in [0.5, 0.6) is 0 Å². The molecule has 2 amide bonds. The second-order valence-electron chi connectivity index (χ2n) is 6.92. The van der Waals surface area contributed by atoms with Crippen LogP contribution in [0, 0.1) is 0 Å². The lowest BCUT2D eigenvalue weighted by atomic mass is 10.0. The van der Waals surface area contributed by atoms with Crippen molar-refractivity contribution < 1.29 is 14.0 Å². The molecular formula is C23H24N2O3. The van der Waals surface area contributed by atoms with Gasteiger partial charge >= 0.3 is 0 Å². The van der Waals surface area contributed by atoms with Crippen LogP contribution >= 0.6 is 0 Å². The molecule has 3 aromatic rings. The molecule has 2 N–H and O–H groups in total. The number of carbonyl (C=O) groups is 2. The number of nitrogens with one attached hydrogen (secondary N) is 2. The predicted molar refractivity (Wildman–Crippen MR) is 108 cm³/mol. The van der Waals surface area contributed by atoms with E-state index >= 15 is 0 Å². The fourth-order valence-electron chi connectivity index (χ4n) is 2.81. The Morgan fingerprint density at radius 3 is 2.25 bits per heavy atom. The molecule has 28 heavy (non-hydrogen) atoms. The predicted octanol–water partition coefficient (Wildman–Crippen LogP) is 4.26. The zero-order chi connectivity index (χ0) is 19.9. The van der Waals surface area contributed by atoms with Crippen molar-refractivity contribution in [3.05, 3.63) is 94.9 Å². The lowest BCUT2D eigenvalue weighted by molar-refractivity contribution is 0.0943. The molecule has 144 valence electrons. The van der Waals surface area contributed by atoms with E-state index in [1.54, 1.807) is 36.6 Å². The van der Waals surface area contributed by atoms with Gasteiger partial charge in [-0.25, -0.2) is 0 Å². The molecule has 0 spiro atoms. The van der Waals surface area contributed by atoms with Crippen LogP contribution in [-0.2, 0) is 13.1 Å². The maximum absolute atomic E-state index is 12.4. The maximum atomic E-state index is 12.4. The van der Waals surface area contributed by atoms with E-state index in [1.165, 1.54) is 5.56 Å². The highest BCUT2D eigenvalue weighted by Crippen LogP contribution is 2.15. The van der Waals surface area contributed by atoms with Gasteiger partial charge in [0.2, 0.25) is 0 Å². The van der Waals surface area contributed by atoms with Crippen LogP contribution in [0.1, 0.15) is 57.4 Å². The summed E-state index contributed by atoms with van der Waals surface area (Å²) in [4.78, 5) is 24.6. The van der Waals surface area contributed by atoms with Gasteiger partial charge in [0, 0.05) is 17.7 Å². The van der Waals surface area contributed by atoms with E-state index in [1.807, 2.05) is 30.3 Å². The Labute approximate surface area is 164 Å². The Morgan fingerprint density at radius 2 is 1.57 bits per heavy atom. The van der Waals surface area contributed by atoms with Crippen LogP contribution in [0.15, 0.2) is 71.3 Å². The van der Waals surface area contributed by atoms with Gasteiger partial charge in [0.1, 0.15) is 5.76 Å². The molecule has 5 nitrogen and oxygen atoms in total. The van der Waals surface area contributed by atoms with Crippen LogP contribution in [0.4, 0.5) is 0 Å². The van der Waals surface area contributed by atoms with Crippen molar-refractivity contribution in [2.24, 2.45) is 0 Å². The molecule has 0 atom stereocenters. The van der Waals surface area contributed by atoms with Gasteiger partial charge in [-0.1, -0.05) is 38.1 Å². The maximum Gasteiger partial charge on any atom is 0.251 e. The average Bonchev–Trinajstić information content (AvgIpc) is 3.24. The summed E-state index contributed by atoms with van der Waals surface area (Å²) in [5, 5.41) is 5.71. The minimum absolute atomic E-state index is 0.136. The number of hydrogen-bond donors (Lipinski definition) is 2. The zero-order valence-corrected chi connectivity index (χ0v) is 16.1. The summed E-state index contributed by atoms with van der Waals surface area (Å²) < 4.78 is 5.21. The highest BCUT2D eigenvalue weighted by molar-refractivity contribution is 5.95. The molecule has 1 heterocycles. The van der Waals surface area contributed by atoms with Gasteiger partial charge in [0.05, 0.1) is 12.8 Å². The molecule has 0 fully saturated rings. The fourth-order valence-corrected chi connectivity index (χ4v) is 2.81. The van der Waals surface area contributed by atoms with Crippen molar-refractivity contribution in [1.29, 1.82) is 0 Å². The minimum atomic E-state index is -0.186. The van der Waals surface area contributed by atoms with E-state index in [0.717, 1.165) is 5.56 Å². The first kappa shape index (κ1) is 19.4. The van der Waals surface area contributed by atoms with Gasteiger partial charge in [0.25, 0.3) is 11.8 Å². The van der Waals surface area contributed by atoms with Gasteiger partial charge in [-0.05, 0) is 53.4 Å². The Morgan fingerprint density at radius 1 is 0.857 bits per heavy atom. The Balaban J connectivity index is 1.56. The van der Waals surface area contributed by atoms with Crippen molar-refractivity contribution in [1.82, 2.24) is 10.6 Å². The lowest BCUT2D eigenvalue weighted by Gasteiger charge is -2.09. The van der Waals surface area contributed by atoms with Gasteiger partial charge in [-0.2, -0.15) is 0 Å². The monoisotopic (exact) mass is 376 g/mol. The average molecular weight is 376 g/mol. The van der Waals surface area contributed by atoms with Gasteiger partial charge in [-0.3, -0.25) is 9.59 Å². The van der Waals surface area contributed by atoms with Crippen LogP contribution in [0.3, 0.4) is 0 Å². The summed E-state index contributed by atoms with van der Waals surface area (Å²) in [7, 11) is 0. The number of amides is 2. The first-order valence-corrected chi connectivity index (χ1v) is 9.30. The zero-order valence-electron chi connectivity index (χ0n) is 16.1. The van der Waals surface area contributed by atoms with Crippen molar-refractivity contribution in [2.75, 3.05) is 0 Å². The quantitative estimate of drug-likeness (QED) is 0.647. The summed E-state index contributed by atoms with van der Waals surface area (Å²) in [5.74, 6) is 0.802.